The summed E-state index contributed by atoms with van der Waals surface area (Å²) in [6.45, 7) is 0. The lowest BCUT2D eigenvalue weighted by molar-refractivity contribution is -0.113. The average Bonchev–Trinajstić information content (AvgIpc) is 2.27. The molecular formula is C10H9N3O2. The molecule has 1 aromatic carbocycles. The molecule has 0 radical (unpaired) electrons. The molecule has 0 fully saturated rings. The highest BCUT2D eigenvalue weighted by Crippen LogP contribution is 2.13. The van der Waals surface area contributed by atoms with Gasteiger partial charge in [0.05, 0.1) is 7.11 Å². The average molecular weight is 203 g/mol. The highest BCUT2D eigenvalue weighted by atomic mass is 16.5. The fourth-order valence-electron chi connectivity index (χ4n) is 0.990. The minimum atomic E-state index is -0.625. The van der Waals surface area contributed by atoms with Gasteiger partial charge in [0.1, 0.15) is 5.75 Å². The first kappa shape index (κ1) is 10.8. The van der Waals surface area contributed by atoms with Crippen LogP contribution < -0.4 is 4.74 Å². The Labute approximate surface area is 86.6 Å². The molecule has 0 saturated heterocycles. The Morgan fingerprint density at radius 1 is 1.60 bits per heavy atom. The van der Waals surface area contributed by atoms with Gasteiger partial charge in [0.2, 0.25) is 5.91 Å². The largest absolute Gasteiger partial charge is 0.497 e. The van der Waals surface area contributed by atoms with E-state index < -0.39 is 5.91 Å². The molecule has 5 heteroatoms. The van der Waals surface area contributed by atoms with Gasteiger partial charge >= 0.3 is 0 Å². The van der Waals surface area contributed by atoms with Crippen LogP contribution in [0.15, 0.2) is 35.5 Å². The minimum Gasteiger partial charge on any atom is -0.497 e. The number of methoxy groups -OCH3 is 1. The predicted molar refractivity (Wildman–Crippen MR) is 56.2 cm³/mol. The van der Waals surface area contributed by atoms with Crippen molar-refractivity contribution in [3.05, 3.63) is 46.3 Å². The van der Waals surface area contributed by atoms with Crippen LogP contribution >= 0.6 is 0 Å². The van der Waals surface area contributed by atoms with E-state index >= 15 is 0 Å². The van der Waals surface area contributed by atoms with Crippen LogP contribution in [-0.2, 0) is 4.79 Å². The Kier molecular flexibility index (Phi) is 3.94. The molecule has 0 saturated carbocycles. The lowest BCUT2D eigenvalue weighted by atomic mass is 10.2. The van der Waals surface area contributed by atoms with E-state index in [1.54, 1.807) is 31.4 Å². The van der Waals surface area contributed by atoms with Crippen molar-refractivity contribution in [2.24, 2.45) is 5.11 Å². The normalized spacial score (nSPS) is 9.67. The van der Waals surface area contributed by atoms with Crippen molar-refractivity contribution in [1.29, 1.82) is 0 Å². The summed E-state index contributed by atoms with van der Waals surface area (Å²) in [5.41, 5.74) is 8.80. The molecule has 0 aliphatic carbocycles. The first-order valence-electron chi connectivity index (χ1n) is 4.17. The molecule has 15 heavy (non-hydrogen) atoms. The molecule has 76 valence electrons. The van der Waals surface area contributed by atoms with Gasteiger partial charge in [-0.15, -0.1) is 0 Å². The zero-order valence-corrected chi connectivity index (χ0v) is 8.12. The maximum Gasteiger partial charge on any atom is 0.242 e. The number of amides is 1. The Hall–Kier alpha value is -2.26. The molecule has 0 aliphatic heterocycles. The van der Waals surface area contributed by atoms with Crippen molar-refractivity contribution in [2.45, 2.75) is 0 Å². The molecular weight excluding hydrogens is 194 g/mol. The van der Waals surface area contributed by atoms with Gasteiger partial charge in [-0.3, -0.25) is 4.79 Å². The number of carbonyl (C=O) groups is 1. The van der Waals surface area contributed by atoms with Crippen LogP contribution in [0.2, 0.25) is 0 Å². The second-order valence-corrected chi connectivity index (χ2v) is 2.64. The van der Waals surface area contributed by atoms with Gasteiger partial charge in [0.15, 0.2) is 0 Å². The fourth-order valence-corrected chi connectivity index (χ4v) is 0.990. The lowest BCUT2D eigenvalue weighted by Crippen LogP contribution is -1.84. The third-order valence-corrected chi connectivity index (χ3v) is 1.66. The van der Waals surface area contributed by atoms with Crippen LogP contribution in [0, 0.1) is 0 Å². The summed E-state index contributed by atoms with van der Waals surface area (Å²) in [4.78, 5) is 13.2. The van der Waals surface area contributed by atoms with Gasteiger partial charge in [0, 0.05) is 4.91 Å². The Balaban J connectivity index is 2.80. The molecule has 1 aromatic rings. The summed E-state index contributed by atoms with van der Waals surface area (Å²) in [6, 6.07) is 7.17. The smallest absolute Gasteiger partial charge is 0.242 e. The van der Waals surface area contributed by atoms with Crippen molar-refractivity contribution in [1.82, 2.24) is 0 Å². The summed E-state index contributed by atoms with van der Waals surface area (Å²) < 4.78 is 5.01. The third-order valence-electron chi connectivity index (χ3n) is 1.66. The standard InChI is InChI=1S/C10H9N3O2/c1-15-9-4-2-3-8(7-9)5-6-10(14)12-13-11/h2-7H,1H3/b6-5+. The van der Waals surface area contributed by atoms with Crippen LogP contribution in [0.5, 0.6) is 5.75 Å². The van der Waals surface area contributed by atoms with Gasteiger partial charge in [0.25, 0.3) is 0 Å². The quantitative estimate of drug-likeness (QED) is 0.327. The molecule has 0 unspecified atom stereocenters. The summed E-state index contributed by atoms with van der Waals surface area (Å²) in [7, 11) is 1.56. The van der Waals surface area contributed by atoms with Crippen molar-refractivity contribution >= 4 is 12.0 Å². The zero-order valence-electron chi connectivity index (χ0n) is 8.12. The number of benzene rings is 1. The van der Waals surface area contributed by atoms with Gasteiger partial charge < -0.3 is 4.74 Å². The molecule has 0 aromatic heterocycles. The molecule has 0 spiro atoms. The Morgan fingerprint density at radius 2 is 2.40 bits per heavy atom. The van der Waals surface area contributed by atoms with Crippen molar-refractivity contribution in [3.63, 3.8) is 0 Å². The summed E-state index contributed by atoms with van der Waals surface area (Å²) in [5.74, 6) is 0.0775. The number of ether oxygens (including phenoxy) is 1. The third kappa shape index (κ3) is 3.54. The molecule has 0 heterocycles. The van der Waals surface area contributed by atoms with E-state index in [0.717, 1.165) is 5.56 Å². The fraction of sp³-hybridized carbons (Fsp3) is 0.100. The van der Waals surface area contributed by atoms with Gasteiger partial charge in [-0.05, 0) is 34.4 Å². The first-order chi connectivity index (χ1) is 7.26. The maximum absolute atomic E-state index is 10.8. The van der Waals surface area contributed by atoms with E-state index in [9.17, 15) is 4.79 Å². The van der Waals surface area contributed by atoms with Gasteiger partial charge in [-0.1, -0.05) is 18.2 Å². The van der Waals surface area contributed by atoms with E-state index in [1.807, 2.05) is 6.07 Å². The van der Waals surface area contributed by atoms with Gasteiger partial charge in [-0.2, -0.15) is 0 Å². The van der Waals surface area contributed by atoms with E-state index in [1.165, 1.54) is 6.08 Å². The van der Waals surface area contributed by atoms with Crippen LogP contribution in [-0.4, -0.2) is 13.0 Å². The Bertz CT molecular complexity index is 434. The minimum absolute atomic E-state index is 0.625. The maximum atomic E-state index is 10.8. The number of azide groups is 1. The lowest BCUT2D eigenvalue weighted by Gasteiger charge is -1.99. The number of hydrogen-bond donors (Lipinski definition) is 0. The summed E-state index contributed by atoms with van der Waals surface area (Å²) in [6.07, 6.45) is 2.76. The van der Waals surface area contributed by atoms with Crippen LogP contribution in [0.4, 0.5) is 0 Å². The van der Waals surface area contributed by atoms with Crippen LogP contribution in [0.1, 0.15) is 5.56 Å². The molecule has 0 bridgehead atoms. The molecule has 5 nitrogen and oxygen atoms in total. The van der Waals surface area contributed by atoms with E-state index in [-0.39, 0.29) is 0 Å². The summed E-state index contributed by atoms with van der Waals surface area (Å²) >= 11 is 0. The Morgan fingerprint density at radius 3 is 3.07 bits per heavy atom. The molecule has 0 atom stereocenters. The molecule has 1 amide bonds. The van der Waals surface area contributed by atoms with E-state index in [4.69, 9.17) is 10.3 Å². The molecule has 0 N–H and O–H groups in total. The topological polar surface area (TPSA) is 75.1 Å². The van der Waals surface area contributed by atoms with Crippen molar-refractivity contribution < 1.29 is 9.53 Å². The second kappa shape index (κ2) is 5.47. The number of carbonyl (C=O) groups excluding carboxylic acids is 1. The predicted octanol–water partition coefficient (Wildman–Crippen LogP) is 2.55. The SMILES string of the molecule is COc1cccc(/C=C/C(=O)N=[N+]=[N-])c1. The number of nitrogens with zero attached hydrogens (tertiary/aromatic N) is 3. The number of rotatable bonds is 3. The second-order valence-electron chi connectivity index (χ2n) is 2.64. The van der Waals surface area contributed by atoms with Crippen LogP contribution in [0.3, 0.4) is 0 Å². The number of hydrogen-bond acceptors (Lipinski definition) is 2. The zero-order chi connectivity index (χ0) is 11.1. The monoisotopic (exact) mass is 203 g/mol. The highest BCUT2D eigenvalue weighted by molar-refractivity contribution is 5.92. The molecule has 1 rings (SSSR count). The van der Waals surface area contributed by atoms with Crippen molar-refractivity contribution in [2.75, 3.05) is 7.11 Å². The van der Waals surface area contributed by atoms with Crippen molar-refractivity contribution in [3.8, 4) is 5.75 Å². The van der Waals surface area contributed by atoms with Crippen LogP contribution in [0.25, 0.3) is 16.5 Å². The van der Waals surface area contributed by atoms with E-state index in [0.29, 0.717) is 5.75 Å². The first-order valence-corrected chi connectivity index (χ1v) is 4.17. The van der Waals surface area contributed by atoms with E-state index in [2.05, 4.69) is 10.0 Å². The molecule has 0 aliphatic rings. The van der Waals surface area contributed by atoms with Gasteiger partial charge in [-0.25, -0.2) is 0 Å². The highest BCUT2D eigenvalue weighted by Gasteiger charge is 1.93. The summed E-state index contributed by atoms with van der Waals surface area (Å²) in [5, 5.41) is 2.91.